The Morgan fingerprint density at radius 3 is 2.60 bits per heavy atom. The van der Waals surface area contributed by atoms with Crippen LogP contribution in [0, 0.1) is 19.3 Å². The maximum Gasteiger partial charge on any atom is 0.261 e. The van der Waals surface area contributed by atoms with E-state index in [1.807, 2.05) is 19.9 Å². The molecule has 1 aromatic heterocycles. The van der Waals surface area contributed by atoms with Crippen molar-refractivity contribution in [3.05, 3.63) is 33.2 Å². The van der Waals surface area contributed by atoms with Crippen LogP contribution in [-0.4, -0.2) is 10.4 Å². The fourth-order valence-electron chi connectivity index (χ4n) is 1.76. The Bertz CT molecular complexity index is 446. The number of hydrogen-bond donors (Lipinski definition) is 2. The van der Waals surface area contributed by atoms with Crippen molar-refractivity contribution in [2.45, 2.75) is 33.7 Å². The Morgan fingerprint density at radius 1 is 1.53 bits per heavy atom. The Morgan fingerprint density at radius 2 is 2.13 bits per heavy atom. The van der Waals surface area contributed by atoms with E-state index < -0.39 is 0 Å². The Kier molecular flexibility index (Phi) is 3.29. The summed E-state index contributed by atoms with van der Waals surface area (Å²) in [6.45, 7) is 6.39. The molecule has 0 aliphatic carbocycles. The summed E-state index contributed by atoms with van der Waals surface area (Å²) in [4.78, 5) is 12.0. The van der Waals surface area contributed by atoms with Gasteiger partial charge in [-0.25, -0.2) is 0 Å². The van der Waals surface area contributed by atoms with Gasteiger partial charge in [0.05, 0.1) is 5.56 Å². The van der Waals surface area contributed by atoms with E-state index in [-0.39, 0.29) is 11.4 Å². The highest BCUT2D eigenvalue weighted by atomic mass is 16.1. The third-order valence-electron chi connectivity index (χ3n) is 2.42. The average Bonchev–Trinajstić information content (AvgIpc) is 2.11. The highest BCUT2D eigenvalue weighted by molar-refractivity contribution is 5.95. The van der Waals surface area contributed by atoms with E-state index in [0.29, 0.717) is 12.1 Å². The van der Waals surface area contributed by atoms with Crippen LogP contribution in [0.2, 0.25) is 0 Å². The molecule has 1 rings (SSSR count). The van der Waals surface area contributed by atoms with Gasteiger partial charge in [-0.3, -0.25) is 10.2 Å². The molecule has 0 amide bonds. The molecule has 0 radical (unpaired) electrons. The van der Waals surface area contributed by atoms with Gasteiger partial charge >= 0.3 is 0 Å². The van der Waals surface area contributed by atoms with Crippen molar-refractivity contribution in [3.8, 4) is 0 Å². The fraction of sp³-hybridized carbons (Fsp3) is 0.455. The number of aryl methyl sites for hydroxylation is 2. The number of aromatic nitrogens is 1. The van der Waals surface area contributed by atoms with Crippen LogP contribution in [0.1, 0.15) is 30.2 Å². The second-order valence-corrected chi connectivity index (χ2v) is 3.71. The Hall–Kier alpha value is -1.58. The maximum atomic E-state index is 12.0. The summed E-state index contributed by atoms with van der Waals surface area (Å²) < 4.78 is 1.67. The van der Waals surface area contributed by atoms with E-state index in [1.54, 1.807) is 11.5 Å². The summed E-state index contributed by atoms with van der Waals surface area (Å²) in [6, 6.07) is 1.90. The number of hydrogen-bond acceptors (Lipinski definition) is 2. The summed E-state index contributed by atoms with van der Waals surface area (Å²) in [5.74, 6) is -0.151. The second-order valence-electron chi connectivity index (χ2n) is 3.71. The van der Waals surface area contributed by atoms with Gasteiger partial charge < -0.3 is 10.3 Å². The lowest BCUT2D eigenvalue weighted by atomic mass is 10.1. The van der Waals surface area contributed by atoms with Crippen LogP contribution in [0.25, 0.3) is 0 Å². The second kappa shape index (κ2) is 4.29. The third kappa shape index (κ3) is 2.09. The molecule has 0 aromatic carbocycles. The van der Waals surface area contributed by atoms with Crippen LogP contribution in [-0.2, 0) is 6.54 Å². The summed E-state index contributed by atoms with van der Waals surface area (Å²) in [7, 11) is 0. The summed E-state index contributed by atoms with van der Waals surface area (Å²) in [6.07, 6.45) is 0.890. The molecule has 0 aliphatic heterocycles. The molecule has 3 N–H and O–H groups in total. The lowest BCUT2D eigenvalue weighted by Crippen LogP contribution is -2.32. The van der Waals surface area contributed by atoms with Gasteiger partial charge in [0, 0.05) is 12.2 Å². The minimum Gasteiger partial charge on any atom is -0.384 e. The van der Waals surface area contributed by atoms with Crippen LogP contribution >= 0.6 is 0 Å². The molecular formula is C11H17N3O. The lowest BCUT2D eigenvalue weighted by Gasteiger charge is -2.12. The normalized spacial score (nSPS) is 10.3. The van der Waals surface area contributed by atoms with Crippen LogP contribution in [0.5, 0.6) is 0 Å². The van der Waals surface area contributed by atoms with Crippen molar-refractivity contribution in [1.82, 2.24) is 4.57 Å². The van der Waals surface area contributed by atoms with Crippen molar-refractivity contribution in [2.75, 3.05) is 0 Å². The molecule has 0 fully saturated rings. The summed E-state index contributed by atoms with van der Waals surface area (Å²) >= 11 is 0. The molecule has 0 unspecified atom stereocenters. The largest absolute Gasteiger partial charge is 0.384 e. The Labute approximate surface area is 89.2 Å². The molecule has 0 aliphatic rings. The predicted molar refractivity (Wildman–Crippen MR) is 61.5 cm³/mol. The van der Waals surface area contributed by atoms with Crippen molar-refractivity contribution >= 4 is 5.84 Å². The van der Waals surface area contributed by atoms with Crippen LogP contribution in [0.15, 0.2) is 10.9 Å². The molecule has 4 heteroatoms. The molecule has 0 bridgehead atoms. The fourth-order valence-corrected chi connectivity index (χ4v) is 1.76. The van der Waals surface area contributed by atoms with Crippen molar-refractivity contribution < 1.29 is 0 Å². The van der Waals surface area contributed by atoms with Gasteiger partial charge in [-0.05, 0) is 31.9 Å². The van der Waals surface area contributed by atoms with Crippen LogP contribution < -0.4 is 11.3 Å². The molecule has 4 nitrogen and oxygen atoms in total. The third-order valence-corrected chi connectivity index (χ3v) is 2.42. The van der Waals surface area contributed by atoms with Crippen molar-refractivity contribution in [2.24, 2.45) is 5.73 Å². The van der Waals surface area contributed by atoms with E-state index in [1.165, 1.54) is 0 Å². The number of nitrogens with two attached hydrogens (primary N) is 1. The summed E-state index contributed by atoms with van der Waals surface area (Å²) in [5, 5.41) is 7.38. The first kappa shape index (κ1) is 11.5. The van der Waals surface area contributed by atoms with Gasteiger partial charge in [-0.15, -0.1) is 0 Å². The van der Waals surface area contributed by atoms with Gasteiger partial charge in [0.15, 0.2) is 0 Å². The van der Waals surface area contributed by atoms with Gasteiger partial charge in [0.1, 0.15) is 5.84 Å². The predicted octanol–water partition coefficient (Wildman–Crippen LogP) is 1.16. The van der Waals surface area contributed by atoms with Crippen molar-refractivity contribution in [3.63, 3.8) is 0 Å². The van der Waals surface area contributed by atoms with Gasteiger partial charge in [0.25, 0.3) is 5.56 Å². The first-order chi connectivity index (χ1) is 6.99. The first-order valence-electron chi connectivity index (χ1n) is 5.04. The molecular weight excluding hydrogens is 190 g/mol. The average molecular weight is 207 g/mol. The molecule has 1 aromatic rings. The molecule has 0 spiro atoms. The van der Waals surface area contributed by atoms with E-state index in [0.717, 1.165) is 17.7 Å². The molecule has 1 heterocycles. The lowest BCUT2D eigenvalue weighted by molar-refractivity contribution is 0.633. The molecule has 15 heavy (non-hydrogen) atoms. The van der Waals surface area contributed by atoms with Gasteiger partial charge in [-0.1, -0.05) is 6.92 Å². The first-order valence-corrected chi connectivity index (χ1v) is 5.04. The highest BCUT2D eigenvalue weighted by Gasteiger charge is 2.11. The maximum absolute atomic E-state index is 12.0. The molecule has 0 atom stereocenters. The molecule has 0 saturated heterocycles. The van der Waals surface area contributed by atoms with Crippen LogP contribution in [0.4, 0.5) is 0 Å². The zero-order valence-corrected chi connectivity index (χ0v) is 9.42. The number of nitrogens with one attached hydrogen (secondary N) is 1. The van der Waals surface area contributed by atoms with E-state index in [2.05, 4.69) is 0 Å². The zero-order valence-electron chi connectivity index (χ0n) is 9.42. The Balaban J connectivity index is 3.49. The highest BCUT2D eigenvalue weighted by Crippen LogP contribution is 2.06. The quantitative estimate of drug-likeness (QED) is 0.576. The smallest absolute Gasteiger partial charge is 0.261 e. The minimum atomic E-state index is -0.151. The van der Waals surface area contributed by atoms with Crippen molar-refractivity contribution in [1.29, 1.82) is 5.41 Å². The van der Waals surface area contributed by atoms with E-state index >= 15 is 0 Å². The molecule has 0 saturated carbocycles. The standard InChI is InChI=1S/C11H17N3O/c1-4-5-14-8(3)6-7(2)9(10(12)13)11(14)15/h6H,4-5H2,1-3H3,(H3,12,13). The van der Waals surface area contributed by atoms with Crippen LogP contribution in [0.3, 0.4) is 0 Å². The number of amidine groups is 1. The minimum absolute atomic E-state index is 0.151. The number of nitrogens with zero attached hydrogens (tertiary/aromatic N) is 1. The van der Waals surface area contributed by atoms with E-state index in [9.17, 15) is 4.79 Å². The van der Waals surface area contributed by atoms with Gasteiger partial charge in [-0.2, -0.15) is 0 Å². The topological polar surface area (TPSA) is 71.9 Å². The number of pyridine rings is 1. The monoisotopic (exact) mass is 207 g/mol. The van der Waals surface area contributed by atoms with E-state index in [4.69, 9.17) is 11.1 Å². The SMILES string of the molecule is CCCn1c(C)cc(C)c(C(=N)N)c1=O. The number of rotatable bonds is 3. The number of nitrogen functional groups attached to an aromatic ring is 1. The summed E-state index contributed by atoms with van der Waals surface area (Å²) in [5.41, 5.74) is 7.27. The van der Waals surface area contributed by atoms with Gasteiger partial charge in [0.2, 0.25) is 0 Å². The molecule has 82 valence electrons. The zero-order chi connectivity index (χ0) is 11.6.